The Hall–Kier alpha value is -2.87. The Balaban J connectivity index is 2.46. The number of anilines is 1. The first-order valence-corrected chi connectivity index (χ1v) is 6.00. The van der Waals surface area contributed by atoms with Crippen LogP contribution in [-0.2, 0) is 10.3 Å². The third kappa shape index (κ3) is 2.45. The topological polar surface area (TPSA) is 86.0 Å². The fourth-order valence-corrected chi connectivity index (χ4v) is 1.85. The number of nitrogens with zero attached hydrogens (tertiary/aromatic N) is 2. The maximum atomic E-state index is 11.7. The lowest BCUT2D eigenvalue weighted by Gasteiger charge is -2.27. The third-order valence-electron chi connectivity index (χ3n) is 3.08. The van der Waals surface area contributed by atoms with E-state index in [9.17, 15) is 9.90 Å². The molecule has 100 valence electrons. The van der Waals surface area contributed by atoms with Crippen molar-refractivity contribution in [2.24, 2.45) is 0 Å². The highest BCUT2D eigenvalue weighted by atomic mass is 16.4. The second kappa shape index (κ2) is 5.41. The summed E-state index contributed by atoms with van der Waals surface area (Å²) >= 11 is 0. The molecular weight excluding hydrogens is 254 g/mol. The summed E-state index contributed by atoms with van der Waals surface area (Å²) in [5, 5.41) is 21.4. The molecule has 0 saturated heterocycles. The predicted octanol–water partition coefficient (Wildman–Crippen LogP) is 2.37. The number of aliphatic carboxylic acids is 1. The van der Waals surface area contributed by atoms with Crippen LogP contribution in [0.4, 0.5) is 5.82 Å². The lowest BCUT2D eigenvalue weighted by atomic mass is 9.92. The fourth-order valence-electron chi connectivity index (χ4n) is 1.85. The molecule has 0 fully saturated rings. The average molecular weight is 267 g/mol. The molecule has 2 aromatic rings. The highest BCUT2D eigenvalue weighted by molar-refractivity contribution is 5.84. The minimum Gasteiger partial charge on any atom is -0.479 e. The van der Waals surface area contributed by atoms with E-state index < -0.39 is 11.5 Å². The summed E-state index contributed by atoms with van der Waals surface area (Å²) in [6, 6.07) is 14.0. The summed E-state index contributed by atoms with van der Waals surface area (Å²) in [6.45, 7) is 1.54. The minimum absolute atomic E-state index is 0.253. The van der Waals surface area contributed by atoms with Crippen molar-refractivity contribution in [3.05, 3.63) is 59.8 Å². The Labute approximate surface area is 116 Å². The van der Waals surface area contributed by atoms with E-state index in [4.69, 9.17) is 5.26 Å². The fraction of sp³-hybridized carbons (Fsp3) is 0.133. The molecule has 5 nitrogen and oxygen atoms in total. The molecule has 0 amide bonds. The van der Waals surface area contributed by atoms with Gasteiger partial charge in [0.25, 0.3) is 0 Å². The number of nitriles is 1. The molecule has 0 aliphatic carbocycles. The summed E-state index contributed by atoms with van der Waals surface area (Å²) < 4.78 is 0. The number of rotatable bonds is 4. The number of carbonyl (C=O) groups is 1. The molecule has 20 heavy (non-hydrogen) atoms. The molecule has 1 aromatic heterocycles. The van der Waals surface area contributed by atoms with E-state index in [-0.39, 0.29) is 5.82 Å². The Morgan fingerprint density at radius 2 is 2.00 bits per heavy atom. The van der Waals surface area contributed by atoms with Gasteiger partial charge in [-0.3, -0.25) is 0 Å². The number of carboxylic acids is 1. The number of hydrogen-bond acceptors (Lipinski definition) is 4. The maximum absolute atomic E-state index is 11.7. The largest absolute Gasteiger partial charge is 0.479 e. The summed E-state index contributed by atoms with van der Waals surface area (Å²) in [4.78, 5) is 15.7. The molecule has 1 heterocycles. The first-order valence-electron chi connectivity index (χ1n) is 6.00. The number of pyridine rings is 1. The molecule has 0 radical (unpaired) electrons. The summed E-state index contributed by atoms with van der Waals surface area (Å²) in [5.74, 6) is -0.790. The van der Waals surface area contributed by atoms with Gasteiger partial charge < -0.3 is 10.4 Å². The van der Waals surface area contributed by atoms with E-state index in [0.29, 0.717) is 11.1 Å². The molecular formula is C15H13N3O2. The van der Waals surface area contributed by atoms with Crippen LogP contribution in [0.25, 0.3) is 0 Å². The zero-order chi connectivity index (χ0) is 14.6. The second-order valence-corrected chi connectivity index (χ2v) is 4.43. The first-order chi connectivity index (χ1) is 9.58. The molecule has 0 aliphatic rings. The van der Waals surface area contributed by atoms with Gasteiger partial charge >= 0.3 is 5.97 Å². The van der Waals surface area contributed by atoms with Crippen LogP contribution < -0.4 is 5.32 Å². The monoisotopic (exact) mass is 267 g/mol. The lowest BCUT2D eigenvalue weighted by molar-refractivity contribution is -0.142. The van der Waals surface area contributed by atoms with Gasteiger partial charge in [-0.2, -0.15) is 5.26 Å². The van der Waals surface area contributed by atoms with Gasteiger partial charge in [0, 0.05) is 6.20 Å². The van der Waals surface area contributed by atoms with Gasteiger partial charge in [-0.1, -0.05) is 30.3 Å². The Morgan fingerprint density at radius 1 is 1.30 bits per heavy atom. The lowest BCUT2D eigenvalue weighted by Crippen LogP contribution is -2.41. The van der Waals surface area contributed by atoms with E-state index >= 15 is 0 Å². The van der Waals surface area contributed by atoms with Gasteiger partial charge in [-0.15, -0.1) is 0 Å². The zero-order valence-corrected chi connectivity index (χ0v) is 10.9. The molecule has 0 aliphatic heterocycles. The maximum Gasteiger partial charge on any atom is 0.333 e. The van der Waals surface area contributed by atoms with Crippen molar-refractivity contribution >= 4 is 11.8 Å². The van der Waals surface area contributed by atoms with Crippen molar-refractivity contribution in [2.75, 3.05) is 5.32 Å². The Kier molecular flexibility index (Phi) is 3.67. The number of benzene rings is 1. The van der Waals surface area contributed by atoms with Crippen molar-refractivity contribution in [2.45, 2.75) is 12.5 Å². The standard InChI is InChI=1S/C15H13N3O2/c1-15(14(19)20,12-7-3-2-4-8-12)18-13-11(10-16)6-5-9-17-13/h2-9H,1H3,(H,17,18)(H,19,20). The molecule has 0 bridgehead atoms. The van der Waals surface area contributed by atoms with Crippen LogP contribution in [0.2, 0.25) is 0 Å². The van der Waals surface area contributed by atoms with Crippen molar-refractivity contribution in [3.8, 4) is 6.07 Å². The van der Waals surface area contributed by atoms with Crippen molar-refractivity contribution in [1.29, 1.82) is 5.26 Å². The zero-order valence-electron chi connectivity index (χ0n) is 10.9. The van der Waals surface area contributed by atoms with Crippen LogP contribution in [0.5, 0.6) is 0 Å². The third-order valence-corrected chi connectivity index (χ3v) is 3.08. The molecule has 0 saturated carbocycles. The number of hydrogen-bond donors (Lipinski definition) is 2. The van der Waals surface area contributed by atoms with Gasteiger partial charge in [0.2, 0.25) is 0 Å². The summed E-state index contributed by atoms with van der Waals surface area (Å²) in [7, 11) is 0. The van der Waals surface area contributed by atoms with Gasteiger partial charge in [0.15, 0.2) is 5.54 Å². The predicted molar refractivity (Wildman–Crippen MR) is 74.0 cm³/mol. The number of aromatic nitrogens is 1. The van der Waals surface area contributed by atoms with Gasteiger partial charge in [0.1, 0.15) is 11.9 Å². The van der Waals surface area contributed by atoms with Crippen molar-refractivity contribution in [1.82, 2.24) is 4.98 Å². The van der Waals surface area contributed by atoms with Crippen LogP contribution in [0.3, 0.4) is 0 Å². The van der Waals surface area contributed by atoms with E-state index in [2.05, 4.69) is 10.3 Å². The van der Waals surface area contributed by atoms with Gasteiger partial charge in [0.05, 0.1) is 5.56 Å². The normalized spacial score (nSPS) is 13.0. The smallest absolute Gasteiger partial charge is 0.333 e. The second-order valence-electron chi connectivity index (χ2n) is 4.43. The first kappa shape index (κ1) is 13.6. The quantitative estimate of drug-likeness (QED) is 0.888. The van der Waals surface area contributed by atoms with Crippen LogP contribution in [0.15, 0.2) is 48.7 Å². The summed E-state index contributed by atoms with van der Waals surface area (Å²) in [6.07, 6.45) is 1.51. The highest BCUT2D eigenvalue weighted by Gasteiger charge is 2.36. The van der Waals surface area contributed by atoms with Crippen LogP contribution in [-0.4, -0.2) is 16.1 Å². The van der Waals surface area contributed by atoms with Crippen molar-refractivity contribution in [3.63, 3.8) is 0 Å². The SMILES string of the molecule is CC(Nc1ncccc1C#N)(C(=O)O)c1ccccc1. The number of nitrogens with one attached hydrogen (secondary N) is 1. The van der Waals surface area contributed by atoms with E-state index in [0.717, 1.165) is 0 Å². The van der Waals surface area contributed by atoms with E-state index in [1.54, 1.807) is 43.3 Å². The molecule has 2 rings (SSSR count). The van der Waals surface area contributed by atoms with E-state index in [1.165, 1.54) is 6.20 Å². The number of carboxylic acid groups (broad SMARTS) is 1. The average Bonchev–Trinajstić information content (AvgIpc) is 2.48. The minimum atomic E-state index is -1.36. The molecule has 1 atom stereocenters. The Bertz CT molecular complexity index is 664. The van der Waals surface area contributed by atoms with Gasteiger partial charge in [-0.25, -0.2) is 9.78 Å². The van der Waals surface area contributed by atoms with E-state index in [1.807, 2.05) is 12.1 Å². The van der Waals surface area contributed by atoms with Gasteiger partial charge in [-0.05, 0) is 24.6 Å². The molecule has 5 heteroatoms. The van der Waals surface area contributed by atoms with Crippen LogP contribution in [0.1, 0.15) is 18.1 Å². The molecule has 1 aromatic carbocycles. The van der Waals surface area contributed by atoms with Crippen molar-refractivity contribution < 1.29 is 9.90 Å². The van der Waals surface area contributed by atoms with Crippen LogP contribution in [0, 0.1) is 11.3 Å². The van der Waals surface area contributed by atoms with Crippen LogP contribution >= 0.6 is 0 Å². The highest BCUT2D eigenvalue weighted by Crippen LogP contribution is 2.26. The molecule has 2 N–H and O–H groups in total. The molecule has 1 unspecified atom stereocenters. The molecule has 0 spiro atoms. The Morgan fingerprint density at radius 3 is 2.60 bits per heavy atom. The summed E-state index contributed by atoms with van der Waals surface area (Å²) in [5.41, 5.74) is -0.473.